The van der Waals surface area contributed by atoms with Crippen molar-refractivity contribution in [3.8, 4) is 0 Å². The van der Waals surface area contributed by atoms with Gasteiger partial charge in [-0.1, -0.05) is 0 Å². The molecule has 0 aromatic carbocycles. The van der Waals surface area contributed by atoms with Gasteiger partial charge in [0.05, 0.1) is 3.79 Å². The molecule has 0 amide bonds. The van der Waals surface area contributed by atoms with Gasteiger partial charge in [-0.2, -0.15) is 0 Å². The molecule has 0 bridgehead atoms. The number of likely N-dealkylation sites (N-methyl/N-ethyl adjacent to an activating group) is 1. The van der Waals surface area contributed by atoms with Crippen LogP contribution in [0.25, 0.3) is 0 Å². The van der Waals surface area contributed by atoms with E-state index in [0.717, 1.165) is 6.04 Å². The van der Waals surface area contributed by atoms with Gasteiger partial charge in [0.2, 0.25) is 0 Å². The second-order valence-electron chi connectivity index (χ2n) is 4.84. The molecule has 0 spiro atoms. The minimum Gasteiger partial charge on any atom is -0.314 e. The number of hydrogen-bond donors (Lipinski definition) is 1. The maximum atomic E-state index is 3.56. The number of rotatable bonds is 6. The highest BCUT2D eigenvalue weighted by molar-refractivity contribution is 9.11. The third-order valence-electron chi connectivity index (χ3n) is 3.39. The topological polar surface area (TPSA) is 15.3 Å². The summed E-state index contributed by atoms with van der Waals surface area (Å²) in [6, 6.07) is 5.14. The molecule has 1 aliphatic heterocycles. The Balaban J connectivity index is 1.61. The van der Waals surface area contributed by atoms with E-state index in [1.54, 1.807) is 0 Å². The van der Waals surface area contributed by atoms with E-state index >= 15 is 0 Å². The molecule has 2 rings (SSSR count). The van der Waals surface area contributed by atoms with Crippen LogP contribution in [0.2, 0.25) is 0 Å². The third-order valence-corrected chi connectivity index (χ3v) is 5.07. The van der Waals surface area contributed by atoms with Crippen LogP contribution in [0.3, 0.4) is 0 Å². The summed E-state index contributed by atoms with van der Waals surface area (Å²) in [4.78, 5) is 3.93. The first-order valence-corrected chi connectivity index (χ1v) is 8.01. The number of thiophene rings is 1. The van der Waals surface area contributed by atoms with Crippen LogP contribution >= 0.6 is 27.3 Å². The Hall–Kier alpha value is 0.1000. The molecule has 1 N–H and O–H groups in total. The lowest BCUT2D eigenvalue weighted by molar-refractivity contribution is 0.317. The second-order valence-corrected chi connectivity index (χ2v) is 7.39. The smallest absolute Gasteiger partial charge is 0.0701 e. The fourth-order valence-electron chi connectivity index (χ4n) is 2.28. The molecule has 0 radical (unpaired) electrons. The van der Waals surface area contributed by atoms with Gasteiger partial charge in [0.15, 0.2) is 0 Å². The highest BCUT2D eigenvalue weighted by Gasteiger charge is 2.14. The van der Waals surface area contributed by atoms with Crippen molar-refractivity contribution in [3.63, 3.8) is 0 Å². The molecule has 1 aliphatic rings. The van der Waals surface area contributed by atoms with Crippen LogP contribution in [0.4, 0.5) is 0 Å². The lowest BCUT2D eigenvalue weighted by Gasteiger charge is -2.18. The molecule has 1 fully saturated rings. The highest BCUT2D eigenvalue weighted by Crippen LogP contribution is 2.22. The van der Waals surface area contributed by atoms with Gasteiger partial charge < -0.3 is 10.2 Å². The van der Waals surface area contributed by atoms with Crippen molar-refractivity contribution < 1.29 is 0 Å². The van der Waals surface area contributed by atoms with Gasteiger partial charge in [-0.25, -0.2) is 0 Å². The Morgan fingerprint density at radius 2 is 2.35 bits per heavy atom. The highest BCUT2D eigenvalue weighted by atomic mass is 79.9. The Morgan fingerprint density at radius 1 is 1.47 bits per heavy atom. The van der Waals surface area contributed by atoms with Gasteiger partial charge in [0, 0.05) is 17.5 Å². The van der Waals surface area contributed by atoms with E-state index in [2.05, 4.69) is 45.3 Å². The third kappa shape index (κ3) is 4.70. The van der Waals surface area contributed by atoms with Gasteiger partial charge in [0.25, 0.3) is 0 Å². The van der Waals surface area contributed by atoms with E-state index < -0.39 is 0 Å². The van der Waals surface area contributed by atoms with Gasteiger partial charge in [0.1, 0.15) is 0 Å². The summed E-state index contributed by atoms with van der Waals surface area (Å²) in [5.41, 5.74) is 0. The molecule has 1 unspecified atom stereocenters. The van der Waals surface area contributed by atoms with Gasteiger partial charge in [-0.3, -0.25) is 0 Å². The van der Waals surface area contributed by atoms with Gasteiger partial charge in [-0.15, -0.1) is 11.3 Å². The molecule has 4 heteroatoms. The fraction of sp³-hybridized carbons (Fsp3) is 0.692. The molecule has 2 nitrogen and oxygen atoms in total. The largest absolute Gasteiger partial charge is 0.314 e. The van der Waals surface area contributed by atoms with Crippen LogP contribution in [0, 0.1) is 0 Å². The molecule has 1 aromatic heterocycles. The van der Waals surface area contributed by atoms with Crippen molar-refractivity contribution in [2.75, 3.05) is 26.7 Å². The van der Waals surface area contributed by atoms with Gasteiger partial charge in [-0.05, 0) is 73.9 Å². The van der Waals surface area contributed by atoms with Crippen LogP contribution < -0.4 is 5.32 Å². The van der Waals surface area contributed by atoms with Crippen LogP contribution in [0.15, 0.2) is 15.9 Å². The molecule has 0 saturated carbocycles. The molecule has 1 saturated heterocycles. The Kier molecular flexibility index (Phi) is 5.48. The van der Waals surface area contributed by atoms with E-state index in [-0.39, 0.29) is 0 Å². The van der Waals surface area contributed by atoms with Crippen LogP contribution in [-0.4, -0.2) is 37.6 Å². The Morgan fingerprint density at radius 3 is 3.00 bits per heavy atom. The van der Waals surface area contributed by atoms with E-state index in [0.29, 0.717) is 0 Å². The summed E-state index contributed by atoms with van der Waals surface area (Å²) in [7, 11) is 2.23. The molecular weight excluding hydrogens is 296 g/mol. The van der Waals surface area contributed by atoms with E-state index in [4.69, 9.17) is 0 Å². The first-order chi connectivity index (χ1) is 8.24. The Bertz CT molecular complexity index is 334. The molecule has 0 aliphatic carbocycles. The van der Waals surface area contributed by atoms with E-state index in [1.807, 2.05) is 11.3 Å². The lowest BCUT2D eigenvalue weighted by Crippen LogP contribution is -2.29. The number of hydrogen-bond acceptors (Lipinski definition) is 3. The average Bonchev–Trinajstić information content (AvgIpc) is 2.95. The number of halogens is 1. The maximum absolute atomic E-state index is 3.56. The predicted octanol–water partition coefficient (Wildman–Crippen LogP) is 3.13. The SMILES string of the molecule is CN(CCc1ccc(Br)s1)CCC1CCCN1. The average molecular weight is 317 g/mol. The molecule has 96 valence electrons. The molecular formula is C13H21BrN2S. The number of nitrogens with zero attached hydrogens (tertiary/aromatic N) is 1. The monoisotopic (exact) mass is 316 g/mol. The molecule has 17 heavy (non-hydrogen) atoms. The summed E-state index contributed by atoms with van der Waals surface area (Å²) in [6.07, 6.45) is 5.19. The van der Waals surface area contributed by atoms with Crippen LogP contribution in [-0.2, 0) is 6.42 Å². The molecule has 1 aromatic rings. The quantitative estimate of drug-likeness (QED) is 0.867. The van der Waals surface area contributed by atoms with Crippen molar-refractivity contribution in [2.45, 2.75) is 31.7 Å². The van der Waals surface area contributed by atoms with Crippen LogP contribution in [0.5, 0.6) is 0 Å². The first-order valence-electron chi connectivity index (χ1n) is 6.40. The summed E-state index contributed by atoms with van der Waals surface area (Å²) < 4.78 is 1.24. The zero-order valence-electron chi connectivity index (χ0n) is 10.4. The van der Waals surface area contributed by atoms with Crippen molar-refractivity contribution >= 4 is 27.3 Å². The number of nitrogens with one attached hydrogen (secondary N) is 1. The van der Waals surface area contributed by atoms with E-state index in [9.17, 15) is 0 Å². The summed E-state index contributed by atoms with van der Waals surface area (Å²) in [5.74, 6) is 0. The normalized spacial score (nSPS) is 20.3. The van der Waals surface area contributed by atoms with Gasteiger partial charge >= 0.3 is 0 Å². The van der Waals surface area contributed by atoms with Crippen LogP contribution in [0.1, 0.15) is 24.1 Å². The molecule has 2 heterocycles. The summed E-state index contributed by atoms with van der Waals surface area (Å²) >= 11 is 5.36. The summed E-state index contributed by atoms with van der Waals surface area (Å²) in [6.45, 7) is 3.60. The predicted molar refractivity (Wildman–Crippen MR) is 78.9 cm³/mol. The van der Waals surface area contributed by atoms with Crippen molar-refractivity contribution in [1.82, 2.24) is 10.2 Å². The maximum Gasteiger partial charge on any atom is 0.0701 e. The zero-order chi connectivity index (χ0) is 12.1. The minimum atomic E-state index is 0.772. The van der Waals surface area contributed by atoms with E-state index in [1.165, 1.54) is 54.0 Å². The van der Waals surface area contributed by atoms with Crippen molar-refractivity contribution in [1.29, 1.82) is 0 Å². The minimum absolute atomic E-state index is 0.772. The second kappa shape index (κ2) is 6.88. The summed E-state index contributed by atoms with van der Waals surface area (Å²) in [5, 5.41) is 3.56. The fourth-order valence-corrected chi connectivity index (χ4v) is 3.75. The zero-order valence-corrected chi connectivity index (χ0v) is 12.8. The lowest BCUT2D eigenvalue weighted by atomic mass is 10.1. The first kappa shape index (κ1) is 13.5. The van der Waals surface area contributed by atoms with Crippen molar-refractivity contribution in [3.05, 3.63) is 20.8 Å². The standard InChI is InChI=1S/C13H21BrN2S/c1-16(9-6-11-3-2-8-15-11)10-7-12-4-5-13(14)17-12/h4-5,11,15H,2-3,6-10H2,1H3. The molecule has 1 atom stereocenters. The Labute approximate surface area is 117 Å². The van der Waals surface area contributed by atoms with Crippen molar-refractivity contribution in [2.24, 2.45) is 0 Å².